The molecule has 1 heterocycles. The van der Waals surface area contributed by atoms with Gasteiger partial charge < -0.3 is 20.1 Å². The van der Waals surface area contributed by atoms with Crippen LogP contribution in [0.3, 0.4) is 0 Å². The summed E-state index contributed by atoms with van der Waals surface area (Å²) in [4.78, 5) is 24.0. The molecule has 1 amide bonds. The number of amides is 1. The Bertz CT molecular complexity index is 343. The van der Waals surface area contributed by atoms with Gasteiger partial charge in [0.05, 0.1) is 13.1 Å². The van der Waals surface area contributed by atoms with Crippen molar-refractivity contribution in [1.82, 2.24) is 10.2 Å². The molecule has 1 rings (SSSR count). The largest absolute Gasteiger partial charge is 0.480 e. The van der Waals surface area contributed by atoms with Crippen molar-refractivity contribution in [2.24, 2.45) is 0 Å². The van der Waals surface area contributed by atoms with E-state index in [4.69, 9.17) is 9.84 Å². The minimum atomic E-state index is -0.986. The highest BCUT2D eigenvalue weighted by molar-refractivity contribution is 5.77. The molecule has 0 saturated carbocycles. The minimum Gasteiger partial charge on any atom is -0.480 e. The second-order valence-electron chi connectivity index (χ2n) is 6.31. The lowest BCUT2D eigenvalue weighted by Gasteiger charge is -2.47. The predicted molar refractivity (Wildman–Crippen MR) is 70.9 cm³/mol. The van der Waals surface area contributed by atoms with Gasteiger partial charge in [-0.2, -0.15) is 0 Å². The Morgan fingerprint density at radius 1 is 1.37 bits per heavy atom. The van der Waals surface area contributed by atoms with Gasteiger partial charge in [-0.25, -0.2) is 4.79 Å². The lowest BCUT2D eigenvalue weighted by Crippen LogP contribution is -2.63. The smallest absolute Gasteiger partial charge is 0.329 e. The molecule has 0 aliphatic carbocycles. The number of ether oxygens (including phenoxy) is 1. The van der Waals surface area contributed by atoms with Gasteiger partial charge >= 0.3 is 5.97 Å². The van der Waals surface area contributed by atoms with Crippen molar-refractivity contribution >= 4 is 11.9 Å². The first-order chi connectivity index (χ1) is 8.61. The van der Waals surface area contributed by atoms with Gasteiger partial charge in [0.25, 0.3) is 0 Å². The van der Waals surface area contributed by atoms with Crippen molar-refractivity contribution in [3.05, 3.63) is 0 Å². The summed E-state index contributed by atoms with van der Waals surface area (Å²) < 4.78 is 5.26. The molecule has 0 bridgehead atoms. The fraction of sp³-hybridized carbons (Fsp3) is 0.846. The maximum absolute atomic E-state index is 11.9. The minimum absolute atomic E-state index is 0.00827. The van der Waals surface area contributed by atoms with E-state index in [1.54, 1.807) is 4.90 Å². The van der Waals surface area contributed by atoms with Gasteiger partial charge in [-0.15, -0.1) is 0 Å². The highest BCUT2D eigenvalue weighted by Gasteiger charge is 2.42. The van der Waals surface area contributed by atoms with E-state index in [0.29, 0.717) is 26.1 Å². The molecular weight excluding hydrogens is 248 g/mol. The molecule has 2 N–H and O–H groups in total. The second kappa shape index (κ2) is 5.88. The highest BCUT2D eigenvalue weighted by atomic mass is 16.5. The lowest BCUT2D eigenvalue weighted by molar-refractivity contribution is -0.173. The average molecular weight is 272 g/mol. The fourth-order valence-corrected chi connectivity index (χ4v) is 1.97. The molecular formula is C13H24N2O4. The third kappa shape index (κ3) is 5.57. The zero-order chi connectivity index (χ0) is 14.7. The van der Waals surface area contributed by atoms with E-state index in [-0.39, 0.29) is 18.1 Å². The van der Waals surface area contributed by atoms with Gasteiger partial charge in [-0.05, 0) is 27.7 Å². The highest BCUT2D eigenvalue weighted by Crippen LogP contribution is 2.25. The quantitative estimate of drug-likeness (QED) is 0.734. The summed E-state index contributed by atoms with van der Waals surface area (Å²) in [6.07, 6.45) is 0.451. The Kier molecular flexibility index (Phi) is 4.92. The predicted octanol–water partition coefficient (Wildman–Crippen LogP) is 0.467. The number of hydrogen-bond acceptors (Lipinski definition) is 4. The first-order valence-corrected chi connectivity index (χ1v) is 6.50. The van der Waals surface area contributed by atoms with E-state index in [2.05, 4.69) is 26.1 Å². The maximum atomic E-state index is 11.9. The Morgan fingerprint density at radius 2 is 1.95 bits per heavy atom. The molecule has 1 aliphatic rings. The molecule has 0 aromatic heterocycles. The summed E-state index contributed by atoms with van der Waals surface area (Å²) in [7, 11) is 0. The van der Waals surface area contributed by atoms with Crippen molar-refractivity contribution in [1.29, 1.82) is 0 Å². The average Bonchev–Trinajstić information content (AvgIpc) is 2.20. The number of nitrogens with zero attached hydrogens (tertiary/aromatic N) is 1. The van der Waals surface area contributed by atoms with Gasteiger partial charge in [0.1, 0.15) is 12.2 Å². The number of carboxylic acids is 1. The summed E-state index contributed by atoms with van der Waals surface area (Å²) >= 11 is 0. The van der Waals surface area contributed by atoms with Gasteiger partial charge in [0, 0.05) is 18.5 Å². The van der Waals surface area contributed by atoms with Crippen LogP contribution < -0.4 is 5.32 Å². The number of nitrogens with one attached hydrogen (secondary N) is 1. The number of carbonyl (C=O) groups excluding carboxylic acids is 1. The van der Waals surface area contributed by atoms with E-state index >= 15 is 0 Å². The molecule has 0 aromatic rings. The Labute approximate surface area is 114 Å². The summed E-state index contributed by atoms with van der Waals surface area (Å²) in [6, 6.07) is 0. The zero-order valence-corrected chi connectivity index (χ0v) is 12.2. The van der Waals surface area contributed by atoms with E-state index < -0.39 is 11.6 Å². The zero-order valence-electron chi connectivity index (χ0n) is 12.2. The molecule has 1 fully saturated rings. The van der Waals surface area contributed by atoms with Crippen LogP contribution in [-0.2, 0) is 14.3 Å². The number of rotatable bonds is 6. The van der Waals surface area contributed by atoms with E-state index in [1.165, 1.54) is 0 Å². The molecule has 0 aromatic carbocycles. The number of aliphatic carboxylic acids is 1. The number of hydrogen-bond donors (Lipinski definition) is 2. The lowest BCUT2D eigenvalue weighted by atomic mass is 9.96. The van der Waals surface area contributed by atoms with Gasteiger partial charge in [-0.3, -0.25) is 4.79 Å². The summed E-state index contributed by atoms with van der Waals surface area (Å²) in [6.45, 7) is 9.25. The molecule has 1 saturated heterocycles. The van der Waals surface area contributed by atoms with Gasteiger partial charge in [0.15, 0.2) is 0 Å². The van der Waals surface area contributed by atoms with Crippen molar-refractivity contribution in [2.45, 2.75) is 45.3 Å². The first-order valence-electron chi connectivity index (χ1n) is 6.50. The summed E-state index contributed by atoms with van der Waals surface area (Å²) in [5.74, 6) is -0.909. The van der Waals surface area contributed by atoms with Crippen LogP contribution in [0.25, 0.3) is 0 Å². The van der Waals surface area contributed by atoms with Gasteiger partial charge in [-0.1, -0.05) is 0 Å². The van der Waals surface area contributed by atoms with Crippen LogP contribution in [0.15, 0.2) is 0 Å². The topological polar surface area (TPSA) is 78.9 Å². The molecule has 1 aliphatic heterocycles. The van der Waals surface area contributed by atoms with E-state index in [9.17, 15) is 9.59 Å². The van der Waals surface area contributed by atoms with Crippen LogP contribution in [0.1, 0.15) is 34.1 Å². The Morgan fingerprint density at radius 3 is 2.42 bits per heavy atom. The molecule has 0 spiro atoms. The standard InChI is InChI=1S/C13H24N2O4/c1-12(2,3)14-6-5-10(16)15-8-13(4,9-15)19-7-11(17)18/h14H,5-9H2,1-4H3,(H,17,18). The second-order valence-corrected chi connectivity index (χ2v) is 6.31. The Balaban J connectivity index is 2.22. The SMILES string of the molecule is CC(C)(C)NCCC(=O)N1CC(C)(OCC(=O)O)C1. The van der Waals surface area contributed by atoms with Crippen molar-refractivity contribution in [3.63, 3.8) is 0 Å². The molecule has 0 unspecified atom stereocenters. The van der Waals surface area contributed by atoms with Crippen LogP contribution in [-0.4, -0.2) is 59.3 Å². The normalized spacial score (nSPS) is 18.0. The van der Waals surface area contributed by atoms with Crippen molar-refractivity contribution in [2.75, 3.05) is 26.2 Å². The third-order valence-corrected chi connectivity index (χ3v) is 2.94. The number of carbonyl (C=O) groups is 2. The van der Waals surface area contributed by atoms with Crippen LogP contribution in [0.5, 0.6) is 0 Å². The molecule has 6 nitrogen and oxygen atoms in total. The molecule has 110 valence electrons. The van der Waals surface area contributed by atoms with E-state index in [1.807, 2.05) is 6.92 Å². The fourth-order valence-electron chi connectivity index (χ4n) is 1.97. The maximum Gasteiger partial charge on any atom is 0.329 e. The van der Waals surface area contributed by atoms with Crippen LogP contribution in [0, 0.1) is 0 Å². The van der Waals surface area contributed by atoms with Crippen LogP contribution >= 0.6 is 0 Å². The molecule has 0 radical (unpaired) electrons. The molecule has 19 heavy (non-hydrogen) atoms. The summed E-state index contributed by atoms with van der Waals surface area (Å²) in [5, 5.41) is 11.8. The van der Waals surface area contributed by atoms with Crippen LogP contribution in [0.4, 0.5) is 0 Å². The first kappa shape index (κ1) is 15.9. The Hall–Kier alpha value is -1.14. The monoisotopic (exact) mass is 272 g/mol. The van der Waals surface area contributed by atoms with Crippen molar-refractivity contribution in [3.8, 4) is 0 Å². The number of carboxylic acid groups (broad SMARTS) is 1. The van der Waals surface area contributed by atoms with Gasteiger partial charge in [0.2, 0.25) is 5.91 Å². The van der Waals surface area contributed by atoms with Crippen molar-refractivity contribution < 1.29 is 19.4 Å². The third-order valence-electron chi connectivity index (χ3n) is 2.94. The molecule has 6 heteroatoms. The van der Waals surface area contributed by atoms with Crippen LogP contribution in [0.2, 0.25) is 0 Å². The van der Waals surface area contributed by atoms with E-state index in [0.717, 1.165) is 0 Å². The number of likely N-dealkylation sites (tertiary alicyclic amines) is 1. The molecule has 0 atom stereocenters. The summed E-state index contributed by atoms with van der Waals surface area (Å²) in [5.41, 5.74) is -0.500.